The van der Waals surface area contributed by atoms with E-state index in [0.29, 0.717) is 18.0 Å². The van der Waals surface area contributed by atoms with Gasteiger partial charge < -0.3 is 31.1 Å². The third-order valence-electron chi connectivity index (χ3n) is 7.50. The number of benzene rings is 2. The number of hydrogen-bond acceptors (Lipinski definition) is 6. The Morgan fingerprint density at radius 3 is 2.27 bits per heavy atom. The van der Waals surface area contributed by atoms with Gasteiger partial charge >= 0.3 is 0 Å². The molecule has 0 saturated heterocycles. The molecule has 0 bridgehead atoms. The first kappa shape index (κ1) is 35.3. The van der Waals surface area contributed by atoms with Gasteiger partial charge in [-0.1, -0.05) is 74.8 Å². The van der Waals surface area contributed by atoms with Gasteiger partial charge in [0.25, 0.3) is 0 Å². The van der Waals surface area contributed by atoms with Gasteiger partial charge in [-0.2, -0.15) is 0 Å². The quantitative estimate of drug-likeness (QED) is 0.266. The number of nitrogens with zero attached hydrogens (tertiary/aromatic N) is 2. The van der Waals surface area contributed by atoms with Gasteiger partial charge in [0.2, 0.25) is 29.5 Å². The Hall–Kier alpha value is -4.22. The first-order valence-corrected chi connectivity index (χ1v) is 15.3. The van der Waals surface area contributed by atoms with Gasteiger partial charge in [-0.15, -0.1) is 0 Å². The van der Waals surface area contributed by atoms with E-state index in [-0.39, 0.29) is 18.9 Å². The van der Waals surface area contributed by atoms with Crippen LogP contribution in [0.3, 0.4) is 0 Å². The molecule has 0 fully saturated rings. The van der Waals surface area contributed by atoms with Gasteiger partial charge in [-0.25, -0.2) is 0 Å². The molecule has 1 aliphatic rings. The molecule has 4 N–H and O–H groups in total. The minimum Gasteiger partial charge on any atom is -0.352 e. The van der Waals surface area contributed by atoms with Crippen LogP contribution in [0.15, 0.2) is 67.0 Å². The zero-order chi connectivity index (χ0) is 33.1. The fraction of sp³-hybridized carbons (Fsp3) is 0.424. The summed E-state index contributed by atoms with van der Waals surface area (Å²) < 4.78 is 0. The molecule has 5 amide bonds. The first-order chi connectivity index (χ1) is 21.3. The van der Waals surface area contributed by atoms with Crippen LogP contribution in [0.5, 0.6) is 0 Å². The van der Waals surface area contributed by atoms with Crippen LogP contribution in [-0.4, -0.2) is 77.6 Å². The lowest BCUT2D eigenvalue weighted by Crippen LogP contribution is -2.58. The average molecular weight is 639 g/mol. The van der Waals surface area contributed by atoms with E-state index >= 15 is 0 Å². The Balaban J connectivity index is 1.73. The minimum atomic E-state index is -1.12. The molecule has 242 valence electrons. The summed E-state index contributed by atoms with van der Waals surface area (Å²) in [5.74, 6) is -2.30. The van der Waals surface area contributed by atoms with Crippen LogP contribution in [0.25, 0.3) is 0 Å². The molecule has 2 aromatic rings. The zero-order valence-corrected chi connectivity index (χ0v) is 27.2. The Kier molecular flexibility index (Phi) is 12.7. The normalized spacial score (nSPS) is 16.1. The molecule has 2 aromatic carbocycles. The van der Waals surface area contributed by atoms with Gasteiger partial charge in [-0.3, -0.25) is 24.0 Å². The van der Waals surface area contributed by atoms with Crippen molar-refractivity contribution in [3.8, 4) is 0 Å². The number of hydrogen-bond donors (Lipinski definition) is 4. The maximum absolute atomic E-state index is 13.7. The summed E-state index contributed by atoms with van der Waals surface area (Å²) in [4.78, 5) is 68.5. The van der Waals surface area contributed by atoms with Crippen molar-refractivity contribution in [3.05, 3.63) is 83.1 Å². The second-order valence-corrected chi connectivity index (χ2v) is 12.5. The molecule has 0 aromatic heterocycles. The highest BCUT2D eigenvalue weighted by Crippen LogP contribution is 2.21. The molecule has 12 heteroatoms. The highest BCUT2D eigenvalue weighted by atomic mass is 35.5. The number of likely N-dealkylation sites (N-methyl/N-ethyl adjacent to an activating group) is 1. The number of halogens is 1. The zero-order valence-electron chi connectivity index (χ0n) is 26.4. The predicted molar refractivity (Wildman–Crippen MR) is 172 cm³/mol. The molecule has 0 radical (unpaired) electrons. The topological polar surface area (TPSA) is 140 Å². The van der Waals surface area contributed by atoms with Crippen LogP contribution in [0.4, 0.5) is 0 Å². The Bertz CT molecular complexity index is 1390. The van der Waals surface area contributed by atoms with Crippen LogP contribution >= 0.6 is 11.6 Å². The lowest BCUT2D eigenvalue weighted by molar-refractivity contribution is -0.145. The van der Waals surface area contributed by atoms with Gasteiger partial charge in [0.1, 0.15) is 12.1 Å². The molecule has 1 heterocycles. The lowest BCUT2D eigenvalue weighted by Gasteiger charge is -2.36. The second kappa shape index (κ2) is 16.2. The predicted octanol–water partition coefficient (Wildman–Crippen LogP) is 2.35. The van der Waals surface area contributed by atoms with Crippen molar-refractivity contribution in [2.75, 3.05) is 20.1 Å². The van der Waals surface area contributed by atoms with E-state index < -0.39 is 53.7 Å². The maximum Gasteiger partial charge on any atom is 0.250 e. The van der Waals surface area contributed by atoms with E-state index in [1.165, 1.54) is 22.2 Å². The van der Waals surface area contributed by atoms with Crippen LogP contribution in [0, 0.1) is 5.41 Å². The standard InChI is InChI=1S/C33H43ClN6O5/c1-22(35-5)30(43)38-29(33(2,3)4)31(44)37-21-28(42)40-17-16-39(15-14-23-12-9-13-25(34)18-23)32(45)26(40)19-27(41)36-20-24-10-7-6-8-11-24/h6-13,16-18,22,26,29,35H,14-15,19-21H2,1-5H3,(H,36,41)(H,37,44)(H,38,43)/t22-,26-,29+/m0/s1. The van der Waals surface area contributed by atoms with Crippen LogP contribution in [0.1, 0.15) is 45.2 Å². The summed E-state index contributed by atoms with van der Waals surface area (Å²) in [7, 11) is 1.64. The van der Waals surface area contributed by atoms with Crippen molar-refractivity contribution in [1.82, 2.24) is 31.1 Å². The summed E-state index contributed by atoms with van der Waals surface area (Å²) in [5.41, 5.74) is 1.18. The molecule has 0 saturated carbocycles. The third-order valence-corrected chi connectivity index (χ3v) is 7.73. The summed E-state index contributed by atoms with van der Waals surface area (Å²) >= 11 is 6.11. The summed E-state index contributed by atoms with van der Waals surface area (Å²) in [6.45, 7) is 7.22. The van der Waals surface area contributed by atoms with E-state index in [4.69, 9.17) is 11.6 Å². The highest BCUT2D eigenvalue weighted by molar-refractivity contribution is 6.30. The summed E-state index contributed by atoms with van der Waals surface area (Å²) in [5, 5.41) is 11.6. The molecule has 1 aliphatic heterocycles. The Morgan fingerprint density at radius 2 is 1.62 bits per heavy atom. The fourth-order valence-corrected chi connectivity index (χ4v) is 4.90. The number of carbonyl (C=O) groups is 5. The summed E-state index contributed by atoms with van der Waals surface area (Å²) in [6, 6.07) is 14.1. The number of rotatable bonds is 13. The molecule has 45 heavy (non-hydrogen) atoms. The maximum atomic E-state index is 13.7. The van der Waals surface area contributed by atoms with Crippen molar-refractivity contribution in [1.29, 1.82) is 0 Å². The first-order valence-electron chi connectivity index (χ1n) is 14.9. The van der Waals surface area contributed by atoms with Gasteiger partial charge in [-0.05, 0) is 49.1 Å². The van der Waals surface area contributed by atoms with Crippen molar-refractivity contribution in [2.45, 2.75) is 65.2 Å². The summed E-state index contributed by atoms with van der Waals surface area (Å²) in [6.07, 6.45) is 3.20. The SMILES string of the molecule is CN[C@@H](C)C(=O)N[C@H](C(=O)NCC(=O)N1C=CN(CCc2cccc(Cl)c2)C(=O)[C@@H]1CC(=O)NCc1ccccc1)C(C)(C)C. The molecule has 0 unspecified atom stereocenters. The highest BCUT2D eigenvalue weighted by Gasteiger charge is 2.38. The van der Waals surface area contributed by atoms with E-state index in [9.17, 15) is 24.0 Å². The number of nitrogens with one attached hydrogen (secondary N) is 4. The smallest absolute Gasteiger partial charge is 0.250 e. The number of amides is 5. The molecule has 3 rings (SSSR count). The van der Waals surface area contributed by atoms with Crippen molar-refractivity contribution < 1.29 is 24.0 Å². The van der Waals surface area contributed by atoms with E-state index in [2.05, 4.69) is 21.3 Å². The van der Waals surface area contributed by atoms with E-state index in [1.54, 1.807) is 40.8 Å². The monoisotopic (exact) mass is 638 g/mol. The van der Waals surface area contributed by atoms with Gasteiger partial charge in [0.05, 0.1) is 19.0 Å². The molecule has 0 spiro atoms. The van der Waals surface area contributed by atoms with E-state index in [1.807, 2.05) is 48.5 Å². The molecular formula is C33H43ClN6O5. The second-order valence-electron chi connectivity index (χ2n) is 12.0. The van der Waals surface area contributed by atoms with Gasteiger partial charge in [0.15, 0.2) is 0 Å². The molecule has 3 atom stereocenters. The fourth-order valence-electron chi connectivity index (χ4n) is 4.68. The van der Waals surface area contributed by atoms with Crippen molar-refractivity contribution >= 4 is 41.1 Å². The third kappa shape index (κ3) is 10.4. The molecule has 11 nitrogen and oxygen atoms in total. The minimum absolute atomic E-state index is 0.269. The van der Waals surface area contributed by atoms with Gasteiger partial charge in [0, 0.05) is 30.5 Å². The van der Waals surface area contributed by atoms with E-state index in [0.717, 1.165) is 11.1 Å². The Morgan fingerprint density at radius 1 is 0.933 bits per heavy atom. The van der Waals surface area contributed by atoms with Crippen LogP contribution in [-0.2, 0) is 36.9 Å². The van der Waals surface area contributed by atoms with Crippen LogP contribution in [0.2, 0.25) is 5.02 Å². The van der Waals surface area contributed by atoms with Crippen LogP contribution < -0.4 is 21.3 Å². The Labute approximate surface area is 269 Å². The molecule has 0 aliphatic carbocycles. The lowest BCUT2D eigenvalue weighted by atomic mass is 9.86. The van der Waals surface area contributed by atoms with Crippen molar-refractivity contribution in [3.63, 3.8) is 0 Å². The largest absolute Gasteiger partial charge is 0.352 e. The number of carbonyl (C=O) groups excluding carboxylic acids is 5. The molecular weight excluding hydrogens is 596 g/mol. The van der Waals surface area contributed by atoms with Crippen molar-refractivity contribution in [2.24, 2.45) is 5.41 Å². The average Bonchev–Trinajstić information content (AvgIpc) is 3.01.